The number of aromatic nitrogens is 4. The average molecular weight is 325 g/mol. The second kappa shape index (κ2) is 7.40. The first-order valence-corrected chi connectivity index (χ1v) is 7.53. The highest BCUT2D eigenvalue weighted by atomic mass is 16.5. The van der Waals surface area contributed by atoms with Gasteiger partial charge >= 0.3 is 0 Å². The van der Waals surface area contributed by atoms with Crippen molar-refractivity contribution in [2.24, 2.45) is 4.99 Å². The fourth-order valence-electron chi connectivity index (χ4n) is 2.36. The standard InChI is InChI=1S/C16H19N7O/c1-17-16(22(2)11-13-8-9-24-21-13)18-10-15-20-19-12-23(15)14-6-4-3-5-7-14/h3-9,12H,10-11H2,1-2H3,(H,17,18). The molecule has 124 valence electrons. The SMILES string of the molecule is CN=C(NCc1nncn1-c1ccccc1)N(C)Cc1ccon1. The van der Waals surface area contributed by atoms with Crippen molar-refractivity contribution in [2.45, 2.75) is 13.1 Å². The second-order valence-corrected chi connectivity index (χ2v) is 5.20. The lowest BCUT2D eigenvalue weighted by Crippen LogP contribution is -2.38. The summed E-state index contributed by atoms with van der Waals surface area (Å²) >= 11 is 0. The van der Waals surface area contributed by atoms with Crippen LogP contribution in [0.3, 0.4) is 0 Å². The number of nitrogens with zero attached hydrogens (tertiary/aromatic N) is 6. The average Bonchev–Trinajstić information content (AvgIpc) is 3.28. The lowest BCUT2D eigenvalue weighted by molar-refractivity contribution is 0.391. The molecule has 0 atom stereocenters. The number of benzene rings is 1. The second-order valence-electron chi connectivity index (χ2n) is 5.20. The maximum Gasteiger partial charge on any atom is 0.194 e. The van der Waals surface area contributed by atoms with Crippen molar-refractivity contribution in [3.05, 3.63) is 60.5 Å². The van der Waals surface area contributed by atoms with E-state index < -0.39 is 0 Å². The molecule has 1 aromatic carbocycles. The van der Waals surface area contributed by atoms with E-state index >= 15 is 0 Å². The van der Waals surface area contributed by atoms with Gasteiger partial charge in [0.2, 0.25) is 0 Å². The molecule has 8 heteroatoms. The third-order valence-electron chi connectivity index (χ3n) is 3.52. The summed E-state index contributed by atoms with van der Waals surface area (Å²) < 4.78 is 6.80. The molecule has 0 aliphatic heterocycles. The number of guanidine groups is 1. The van der Waals surface area contributed by atoms with Gasteiger partial charge in [0.1, 0.15) is 18.3 Å². The molecule has 3 aromatic rings. The summed E-state index contributed by atoms with van der Waals surface area (Å²) in [4.78, 5) is 6.25. The number of hydrogen-bond donors (Lipinski definition) is 1. The van der Waals surface area contributed by atoms with Crippen LogP contribution in [0.4, 0.5) is 0 Å². The fourth-order valence-corrected chi connectivity index (χ4v) is 2.36. The molecular formula is C16H19N7O. The van der Waals surface area contributed by atoms with Crippen molar-refractivity contribution in [3.63, 3.8) is 0 Å². The normalized spacial score (nSPS) is 11.5. The van der Waals surface area contributed by atoms with Crippen LogP contribution in [-0.2, 0) is 13.1 Å². The van der Waals surface area contributed by atoms with E-state index in [0.29, 0.717) is 13.1 Å². The molecule has 0 radical (unpaired) electrons. The lowest BCUT2D eigenvalue weighted by atomic mass is 10.3. The molecule has 1 N–H and O–H groups in total. The van der Waals surface area contributed by atoms with E-state index in [1.807, 2.05) is 52.9 Å². The predicted molar refractivity (Wildman–Crippen MR) is 89.5 cm³/mol. The van der Waals surface area contributed by atoms with Gasteiger partial charge in [-0.1, -0.05) is 23.4 Å². The van der Waals surface area contributed by atoms with Crippen molar-refractivity contribution >= 4 is 5.96 Å². The van der Waals surface area contributed by atoms with E-state index in [4.69, 9.17) is 4.52 Å². The maximum absolute atomic E-state index is 4.85. The molecule has 0 saturated heterocycles. The Bertz CT molecular complexity index is 780. The zero-order valence-electron chi connectivity index (χ0n) is 13.6. The summed E-state index contributed by atoms with van der Waals surface area (Å²) in [5.41, 5.74) is 1.86. The Balaban J connectivity index is 1.66. The molecule has 24 heavy (non-hydrogen) atoms. The minimum atomic E-state index is 0.505. The lowest BCUT2D eigenvalue weighted by Gasteiger charge is -2.20. The molecule has 2 heterocycles. The first-order valence-electron chi connectivity index (χ1n) is 7.53. The van der Waals surface area contributed by atoms with Crippen molar-refractivity contribution in [1.82, 2.24) is 30.1 Å². The number of para-hydroxylation sites is 1. The fraction of sp³-hybridized carbons (Fsp3) is 0.250. The van der Waals surface area contributed by atoms with Crippen LogP contribution < -0.4 is 5.32 Å². The van der Waals surface area contributed by atoms with E-state index in [1.54, 1.807) is 19.6 Å². The van der Waals surface area contributed by atoms with Gasteiger partial charge in [-0.25, -0.2) is 0 Å². The molecule has 0 saturated carbocycles. The highest BCUT2D eigenvalue weighted by molar-refractivity contribution is 5.79. The minimum Gasteiger partial charge on any atom is -0.364 e. The molecule has 0 unspecified atom stereocenters. The van der Waals surface area contributed by atoms with Gasteiger partial charge in [-0.3, -0.25) is 9.56 Å². The molecule has 3 rings (SSSR count). The minimum absolute atomic E-state index is 0.505. The summed E-state index contributed by atoms with van der Waals surface area (Å²) in [5, 5.41) is 15.4. The van der Waals surface area contributed by atoms with Crippen molar-refractivity contribution < 1.29 is 4.52 Å². The van der Waals surface area contributed by atoms with E-state index in [9.17, 15) is 0 Å². The first-order chi connectivity index (χ1) is 11.8. The van der Waals surface area contributed by atoms with Gasteiger partial charge in [-0.05, 0) is 12.1 Å². The Morgan fingerprint density at radius 3 is 2.83 bits per heavy atom. The Kier molecular flexibility index (Phi) is 4.85. The predicted octanol–water partition coefficient (Wildman–Crippen LogP) is 1.46. The van der Waals surface area contributed by atoms with Crippen LogP contribution >= 0.6 is 0 Å². The van der Waals surface area contributed by atoms with Crippen LogP contribution in [0, 0.1) is 0 Å². The molecule has 0 bridgehead atoms. The number of rotatable bonds is 5. The van der Waals surface area contributed by atoms with Gasteiger partial charge in [0.15, 0.2) is 11.8 Å². The largest absolute Gasteiger partial charge is 0.364 e. The van der Waals surface area contributed by atoms with E-state index in [2.05, 4.69) is 25.7 Å². The molecule has 0 fully saturated rings. The van der Waals surface area contributed by atoms with Crippen LogP contribution in [0.2, 0.25) is 0 Å². The van der Waals surface area contributed by atoms with E-state index in [0.717, 1.165) is 23.2 Å². The summed E-state index contributed by atoms with van der Waals surface area (Å²) in [7, 11) is 3.68. The Morgan fingerprint density at radius 1 is 1.29 bits per heavy atom. The quantitative estimate of drug-likeness (QED) is 0.565. The summed E-state index contributed by atoms with van der Waals surface area (Å²) in [6.45, 7) is 1.10. The smallest absolute Gasteiger partial charge is 0.194 e. The summed E-state index contributed by atoms with van der Waals surface area (Å²) in [5.74, 6) is 1.54. The zero-order chi connectivity index (χ0) is 16.8. The van der Waals surface area contributed by atoms with Gasteiger partial charge in [0, 0.05) is 25.8 Å². The Hall–Kier alpha value is -3.16. The van der Waals surface area contributed by atoms with Crippen LogP contribution in [0.5, 0.6) is 0 Å². The van der Waals surface area contributed by atoms with Crippen LogP contribution in [0.25, 0.3) is 5.69 Å². The molecule has 2 aromatic heterocycles. The van der Waals surface area contributed by atoms with Crippen LogP contribution in [0.1, 0.15) is 11.5 Å². The molecule has 0 spiro atoms. The number of nitrogens with one attached hydrogen (secondary N) is 1. The number of aliphatic imine (C=N–C) groups is 1. The highest BCUT2D eigenvalue weighted by Crippen LogP contribution is 2.09. The Morgan fingerprint density at radius 2 is 2.12 bits per heavy atom. The monoisotopic (exact) mass is 325 g/mol. The summed E-state index contributed by atoms with van der Waals surface area (Å²) in [6, 6.07) is 11.8. The molecule has 8 nitrogen and oxygen atoms in total. The van der Waals surface area contributed by atoms with Gasteiger partial charge in [0.25, 0.3) is 0 Å². The third kappa shape index (κ3) is 3.60. The van der Waals surface area contributed by atoms with Crippen molar-refractivity contribution in [3.8, 4) is 5.69 Å². The van der Waals surface area contributed by atoms with Crippen molar-refractivity contribution in [2.75, 3.05) is 14.1 Å². The molecule has 0 aliphatic rings. The zero-order valence-corrected chi connectivity index (χ0v) is 13.6. The van der Waals surface area contributed by atoms with Gasteiger partial charge in [-0.2, -0.15) is 0 Å². The first kappa shape index (κ1) is 15.7. The molecule has 0 amide bonds. The topological polar surface area (TPSA) is 84.4 Å². The van der Waals surface area contributed by atoms with Gasteiger partial charge in [0.05, 0.1) is 13.1 Å². The molecule has 0 aliphatic carbocycles. The van der Waals surface area contributed by atoms with Crippen LogP contribution in [-0.4, -0.2) is 44.9 Å². The van der Waals surface area contributed by atoms with Crippen molar-refractivity contribution in [1.29, 1.82) is 0 Å². The van der Waals surface area contributed by atoms with E-state index in [1.165, 1.54) is 0 Å². The van der Waals surface area contributed by atoms with E-state index in [-0.39, 0.29) is 0 Å². The maximum atomic E-state index is 4.85. The highest BCUT2D eigenvalue weighted by Gasteiger charge is 2.11. The third-order valence-corrected chi connectivity index (χ3v) is 3.52. The number of hydrogen-bond acceptors (Lipinski definition) is 5. The summed E-state index contributed by atoms with van der Waals surface area (Å²) in [6.07, 6.45) is 3.26. The molecular weight excluding hydrogens is 306 g/mol. The van der Waals surface area contributed by atoms with Crippen LogP contribution in [0.15, 0.2) is 58.5 Å². The van der Waals surface area contributed by atoms with Gasteiger partial charge < -0.3 is 14.7 Å². The van der Waals surface area contributed by atoms with Gasteiger partial charge in [-0.15, -0.1) is 10.2 Å². The Labute approximate surface area is 139 Å².